The fourth-order valence-corrected chi connectivity index (χ4v) is 0. The quantitative estimate of drug-likeness (QED) is 0.583. The molecule has 0 aliphatic rings. The minimum atomic E-state index is 0. The van der Waals surface area contributed by atoms with Crippen molar-refractivity contribution < 1.29 is 17.1 Å². The molecule has 0 aromatic heterocycles. The van der Waals surface area contributed by atoms with E-state index in [0.29, 0.717) is 0 Å². The van der Waals surface area contributed by atoms with Gasteiger partial charge in [-0.3, -0.25) is 0 Å². The van der Waals surface area contributed by atoms with Crippen LogP contribution < -0.4 is 0 Å². The van der Waals surface area contributed by atoms with Crippen molar-refractivity contribution in [2.75, 3.05) is 0 Å². The van der Waals surface area contributed by atoms with Crippen LogP contribution in [0.15, 0.2) is 0 Å². The molecule has 0 N–H and O–H groups in total. The van der Waals surface area contributed by atoms with Crippen LogP contribution in [0, 0.1) is 0 Å². The second kappa shape index (κ2) is 99.8. The first kappa shape index (κ1) is 147. The Morgan fingerprint density at radius 2 is 0.429 bits per heavy atom. The molecule has 7 heavy (non-hydrogen) atoms. The second-order valence-corrected chi connectivity index (χ2v) is 0. The molecule has 0 saturated carbocycles. The molecule has 0 aromatic carbocycles. The summed E-state index contributed by atoms with van der Waals surface area (Å²) in [6.45, 7) is 0. The number of rotatable bonds is 0. The van der Waals surface area contributed by atoms with Gasteiger partial charge in [-0.05, 0) is 0 Å². The summed E-state index contributed by atoms with van der Waals surface area (Å²) in [5.41, 5.74) is 0. The number of halogens is 5. The van der Waals surface area contributed by atoms with Crippen LogP contribution >= 0.6 is 62.0 Å². The van der Waals surface area contributed by atoms with E-state index in [0.717, 1.165) is 0 Å². The standard InChI is InChI=1S/CH4.5ClH.Fe/h1H4;5*1H;. The summed E-state index contributed by atoms with van der Waals surface area (Å²) in [5.74, 6) is 0. The van der Waals surface area contributed by atoms with E-state index >= 15 is 0 Å². The minimum Gasteiger partial charge on any atom is -0.147 e. The van der Waals surface area contributed by atoms with E-state index in [9.17, 15) is 0 Å². The van der Waals surface area contributed by atoms with E-state index < -0.39 is 0 Å². The predicted molar refractivity (Wildman–Crippen MR) is 43.0 cm³/mol. The third kappa shape index (κ3) is 73.2. The van der Waals surface area contributed by atoms with Crippen LogP contribution in [0.25, 0.3) is 0 Å². The van der Waals surface area contributed by atoms with E-state index in [4.69, 9.17) is 0 Å². The number of hydrogen-bond acceptors (Lipinski definition) is 0. The van der Waals surface area contributed by atoms with Gasteiger partial charge in [0.2, 0.25) is 0 Å². The molecule has 0 atom stereocenters. The Kier molecular flexibility index (Phi) is 2090. The summed E-state index contributed by atoms with van der Waals surface area (Å²) < 4.78 is 0. The van der Waals surface area contributed by atoms with Gasteiger partial charge in [0, 0.05) is 17.1 Å². The molecule has 0 aliphatic heterocycles. The molecule has 0 rings (SSSR count). The Bertz CT molecular complexity index is 8.04. The van der Waals surface area contributed by atoms with E-state index in [2.05, 4.69) is 0 Å². The molecule has 0 radical (unpaired) electrons. The first-order valence-electron chi connectivity index (χ1n) is 0. The van der Waals surface area contributed by atoms with Gasteiger partial charge in [0.15, 0.2) is 0 Å². The normalized spacial score (nSPS) is 0. The van der Waals surface area contributed by atoms with Gasteiger partial charge in [0.1, 0.15) is 0 Å². The molecule has 0 fully saturated rings. The summed E-state index contributed by atoms with van der Waals surface area (Å²) in [7, 11) is 0. The average Bonchev–Trinajstić information content (AvgIpc) is 0. The summed E-state index contributed by atoms with van der Waals surface area (Å²) in [6, 6.07) is 0. The Morgan fingerprint density at radius 1 is 0.429 bits per heavy atom. The molecule has 0 aliphatic carbocycles. The van der Waals surface area contributed by atoms with Crippen molar-refractivity contribution in [2.45, 2.75) is 7.43 Å². The molecule has 0 heterocycles. The van der Waals surface area contributed by atoms with Crippen LogP contribution in [0.4, 0.5) is 0 Å². The summed E-state index contributed by atoms with van der Waals surface area (Å²) >= 11 is 0. The van der Waals surface area contributed by atoms with Crippen molar-refractivity contribution in [3.8, 4) is 0 Å². The van der Waals surface area contributed by atoms with Crippen LogP contribution in [0.2, 0.25) is 0 Å². The fraction of sp³-hybridized carbons (Fsp3) is 1.00. The maximum Gasteiger partial charge on any atom is 0 e. The Hall–Kier alpha value is 1.97. The third-order valence-electron chi connectivity index (χ3n) is 0. The SMILES string of the molecule is C.Cl.Cl.Cl.Cl.Cl.[Fe]. The molecular weight excluding hydrogens is 245 g/mol. The summed E-state index contributed by atoms with van der Waals surface area (Å²) in [6.07, 6.45) is 0. The zero-order chi connectivity index (χ0) is 0. The van der Waals surface area contributed by atoms with Gasteiger partial charge in [0.05, 0.1) is 0 Å². The molecule has 56 valence electrons. The Morgan fingerprint density at radius 3 is 0.429 bits per heavy atom. The first-order valence-corrected chi connectivity index (χ1v) is 0. The molecule has 6 heteroatoms. The summed E-state index contributed by atoms with van der Waals surface area (Å²) in [4.78, 5) is 0. The largest absolute Gasteiger partial charge is 0.147 e. The van der Waals surface area contributed by atoms with E-state index in [1.54, 1.807) is 0 Å². The van der Waals surface area contributed by atoms with Gasteiger partial charge in [-0.2, -0.15) is 0 Å². The van der Waals surface area contributed by atoms with Crippen molar-refractivity contribution >= 4 is 62.0 Å². The molecule has 0 bridgehead atoms. The molecule has 0 amide bonds. The zero-order valence-electron chi connectivity index (χ0n) is 2.39. The minimum absolute atomic E-state index is 0. The maximum absolute atomic E-state index is 0. The van der Waals surface area contributed by atoms with Crippen LogP contribution in [0.5, 0.6) is 0 Å². The first-order chi connectivity index (χ1) is 0. The van der Waals surface area contributed by atoms with Crippen LogP contribution in [0.1, 0.15) is 7.43 Å². The van der Waals surface area contributed by atoms with E-state index in [1.807, 2.05) is 0 Å². The van der Waals surface area contributed by atoms with Gasteiger partial charge < -0.3 is 0 Å². The van der Waals surface area contributed by atoms with Crippen molar-refractivity contribution in [3.63, 3.8) is 0 Å². The molecular formula is CH9Cl5Fe. The second-order valence-electron chi connectivity index (χ2n) is 0. The van der Waals surface area contributed by atoms with Crippen molar-refractivity contribution in [1.82, 2.24) is 0 Å². The maximum atomic E-state index is 0. The van der Waals surface area contributed by atoms with Gasteiger partial charge >= 0.3 is 0 Å². The molecule has 0 spiro atoms. The Labute approximate surface area is 86.1 Å². The molecule has 0 nitrogen and oxygen atoms in total. The van der Waals surface area contributed by atoms with Gasteiger partial charge in [0.25, 0.3) is 0 Å². The van der Waals surface area contributed by atoms with Gasteiger partial charge in [-0.25, -0.2) is 0 Å². The van der Waals surface area contributed by atoms with Crippen molar-refractivity contribution in [2.24, 2.45) is 0 Å². The van der Waals surface area contributed by atoms with E-state index in [-0.39, 0.29) is 86.5 Å². The third-order valence-corrected chi connectivity index (χ3v) is 0. The van der Waals surface area contributed by atoms with Crippen molar-refractivity contribution in [3.05, 3.63) is 0 Å². The van der Waals surface area contributed by atoms with Crippen molar-refractivity contribution in [1.29, 1.82) is 0 Å². The fourth-order valence-electron chi connectivity index (χ4n) is 0. The molecule has 0 unspecified atom stereocenters. The zero-order valence-corrected chi connectivity index (χ0v) is 7.58. The monoisotopic (exact) mass is 252 g/mol. The van der Waals surface area contributed by atoms with Gasteiger partial charge in [-0.1, -0.05) is 7.43 Å². The smallest absolute Gasteiger partial charge is 0 e. The van der Waals surface area contributed by atoms with E-state index in [1.165, 1.54) is 0 Å². The predicted octanol–water partition coefficient (Wildman–Crippen LogP) is 2.74. The topological polar surface area (TPSA) is 0 Å². The molecule has 0 saturated heterocycles. The average molecular weight is 254 g/mol. The Balaban J connectivity index is 0. The molecule has 0 aromatic rings. The van der Waals surface area contributed by atoms with Crippen LogP contribution in [-0.2, 0) is 17.1 Å². The van der Waals surface area contributed by atoms with Crippen LogP contribution in [-0.4, -0.2) is 0 Å². The van der Waals surface area contributed by atoms with Crippen LogP contribution in [0.3, 0.4) is 0 Å². The summed E-state index contributed by atoms with van der Waals surface area (Å²) in [5, 5.41) is 0. The number of hydrogen-bond donors (Lipinski definition) is 0. The van der Waals surface area contributed by atoms with Gasteiger partial charge in [-0.15, -0.1) is 62.0 Å².